The van der Waals surface area contributed by atoms with Crippen LogP contribution in [0.25, 0.3) is 11.0 Å². The highest BCUT2D eigenvalue weighted by atomic mass is 16.5. The number of aromatic nitrogens is 2. The van der Waals surface area contributed by atoms with Crippen molar-refractivity contribution in [3.63, 3.8) is 0 Å². The number of rotatable bonds is 10. The van der Waals surface area contributed by atoms with Gasteiger partial charge in [-0.05, 0) is 68.7 Å². The van der Waals surface area contributed by atoms with Crippen molar-refractivity contribution < 1.29 is 19.1 Å². The highest BCUT2D eigenvalue weighted by Crippen LogP contribution is 2.32. The second kappa shape index (κ2) is 12.2. The van der Waals surface area contributed by atoms with Gasteiger partial charge in [0.05, 0.1) is 41.2 Å². The molecule has 10 nitrogen and oxygen atoms in total. The van der Waals surface area contributed by atoms with Gasteiger partial charge in [-0.3, -0.25) is 14.4 Å². The minimum Gasteiger partial charge on any atom is -0.466 e. The summed E-state index contributed by atoms with van der Waals surface area (Å²) in [5.41, 5.74) is 2.88. The van der Waals surface area contributed by atoms with Gasteiger partial charge in [-0.15, -0.1) is 0 Å². The fourth-order valence-electron chi connectivity index (χ4n) is 5.18. The lowest BCUT2D eigenvalue weighted by molar-refractivity contribution is -0.148. The van der Waals surface area contributed by atoms with Crippen molar-refractivity contribution in [1.29, 1.82) is 5.26 Å². The molecule has 0 radical (unpaired) electrons. The third kappa shape index (κ3) is 6.09. The van der Waals surface area contributed by atoms with Crippen molar-refractivity contribution >= 4 is 34.5 Å². The Morgan fingerprint density at radius 3 is 2.50 bits per heavy atom. The minimum absolute atomic E-state index is 0.0428. The molecule has 2 heterocycles. The van der Waals surface area contributed by atoms with Crippen LogP contribution in [0.15, 0.2) is 42.5 Å². The van der Waals surface area contributed by atoms with E-state index in [1.54, 1.807) is 26.1 Å². The molecule has 1 saturated heterocycles. The van der Waals surface area contributed by atoms with Gasteiger partial charge in [-0.1, -0.05) is 6.07 Å². The molecule has 4 rings (SSSR count). The highest BCUT2D eigenvalue weighted by molar-refractivity contribution is 5.95. The van der Waals surface area contributed by atoms with Crippen LogP contribution < -0.4 is 5.32 Å². The van der Waals surface area contributed by atoms with Crippen molar-refractivity contribution in [3.05, 3.63) is 59.4 Å². The second-order valence-electron chi connectivity index (χ2n) is 10.4. The number of esters is 1. The molecular weight excluding hydrogens is 508 g/mol. The van der Waals surface area contributed by atoms with Gasteiger partial charge in [0.2, 0.25) is 11.8 Å². The summed E-state index contributed by atoms with van der Waals surface area (Å²) in [5, 5.41) is 12.4. The molecule has 1 fully saturated rings. The van der Waals surface area contributed by atoms with Crippen molar-refractivity contribution in [3.8, 4) is 6.07 Å². The van der Waals surface area contributed by atoms with Crippen LogP contribution in [0.1, 0.15) is 50.1 Å². The van der Waals surface area contributed by atoms with E-state index in [1.165, 1.54) is 4.90 Å². The van der Waals surface area contributed by atoms with Crippen LogP contribution >= 0.6 is 0 Å². The molecule has 0 bridgehead atoms. The average Bonchev–Trinajstić information content (AvgIpc) is 3.60. The SMILES string of the molecule is CCOC(=O)CC(=O)N(C)CC(C)(C(=O)N1CCCC1)c1ccc2c(c1)nc(CNc1ccc(C#N)cc1)n2C. The molecule has 0 aliphatic carbocycles. The first-order chi connectivity index (χ1) is 19.2. The Kier molecular flexibility index (Phi) is 8.73. The summed E-state index contributed by atoms with van der Waals surface area (Å²) >= 11 is 0. The first-order valence-corrected chi connectivity index (χ1v) is 13.5. The van der Waals surface area contributed by atoms with Gasteiger partial charge in [-0.25, -0.2) is 4.98 Å². The van der Waals surface area contributed by atoms with Gasteiger partial charge in [0.15, 0.2) is 0 Å². The Morgan fingerprint density at radius 2 is 1.85 bits per heavy atom. The molecule has 1 aromatic heterocycles. The summed E-state index contributed by atoms with van der Waals surface area (Å²) in [7, 11) is 3.56. The zero-order valence-electron chi connectivity index (χ0n) is 23.6. The second-order valence-corrected chi connectivity index (χ2v) is 10.4. The number of likely N-dealkylation sites (N-methyl/N-ethyl adjacent to an activating group) is 1. The monoisotopic (exact) mass is 544 g/mol. The van der Waals surface area contributed by atoms with Crippen molar-refractivity contribution in [2.45, 2.75) is 45.1 Å². The molecule has 0 spiro atoms. The maximum atomic E-state index is 13.9. The Morgan fingerprint density at radius 1 is 1.15 bits per heavy atom. The van der Waals surface area contributed by atoms with Gasteiger partial charge < -0.3 is 24.4 Å². The summed E-state index contributed by atoms with van der Waals surface area (Å²) in [6, 6.07) is 15.2. The van der Waals surface area contributed by atoms with Crippen LogP contribution in [0.4, 0.5) is 5.69 Å². The maximum Gasteiger partial charge on any atom is 0.315 e. The number of amides is 2. The number of fused-ring (bicyclic) bond motifs is 1. The number of hydrogen-bond acceptors (Lipinski definition) is 7. The summed E-state index contributed by atoms with van der Waals surface area (Å²) in [6.07, 6.45) is 1.54. The molecule has 1 N–H and O–H groups in total. The van der Waals surface area contributed by atoms with Crippen LogP contribution in [0.3, 0.4) is 0 Å². The molecule has 40 heavy (non-hydrogen) atoms. The lowest BCUT2D eigenvalue weighted by Gasteiger charge is -2.36. The lowest BCUT2D eigenvalue weighted by Crippen LogP contribution is -2.51. The quantitative estimate of drug-likeness (QED) is 0.307. The Bertz CT molecular complexity index is 1430. The standard InChI is InChI=1S/C30H36N6O4/c1-5-40-28(38)17-27(37)34(3)20-30(2,29(39)36-14-6-7-15-36)22-10-13-25-24(16-22)33-26(35(25)4)19-32-23-11-8-21(18-31)9-12-23/h8-13,16,32H,5-7,14-15,17,19-20H2,1-4H3. The largest absolute Gasteiger partial charge is 0.466 e. The van der Waals surface area contributed by atoms with E-state index in [2.05, 4.69) is 11.4 Å². The number of likely N-dealkylation sites (tertiary alicyclic amines) is 1. The molecule has 1 unspecified atom stereocenters. The molecule has 1 aliphatic heterocycles. The number of nitrogens with zero attached hydrogens (tertiary/aromatic N) is 5. The summed E-state index contributed by atoms with van der Waals surface area (Å²) in [4.78, 5) is 46.8. The van der Waals surface area contributed by atoms with E-state index in [-0.39, 0.29) is 25.5 Å². The van der Waals surface area contributed by atoms with Gasteiger partial charge in [0.1, 0.15) is 12.2 Å². The van der Waals surface area contributed by atoms with E-state index in [9.17, 15) is 14.4 Å². The molecule has 0 saturated carbocycles. The van der Waals surface area contributed by atoms with Crippen molar-refractivity contribution in [2.75, 3.05) is 38.6 Å². The van der Waals surface area contributed by atoms with E-state index in [0.29, 0.717) is 25.2 Å². The fraction of sp³-hybridized carbons (Fsp3) is 0.433. The Labute approximate surface area is 234 Å². The lowest BCUT2D eigenvalue weighted by atomic mass is 9.80. The number of benzene rings is 2. The van der Waals surface area contributed by atoms with Crippen LogP contribution in [0.2, 0.25) is 0 Å². The third-order valence-electron chi connectivity index (χ3n) is 7.52. The predicted octanol–water partition coefficient (Wildman–Crippen LogP) is 3.35. The molecule has 1 aliphatic rings. The van der Waals surface area contributed by atoms with Gasteiger partial charge in [0.25, 0.3) is 0 Å². The molecule has 2 amide bonds. The minimum atomic E-state index is -1.03. The van der Waals surface area contributed by atoms with Crippen LogP contribution in [0.5, 0.6) is 0 Å². The number of hydrogen-bond donors (Lipinski definition) is 1. The fourth-order valence-corrected chi connectivity index (χ4v) is 5.18. The molecule has 210 valence electrons. The van der Waals surface area contributed by atoms with Crippen molar-refractivity contribution in [1.82, 2.24) is 19.4 Å². The zero-order chi connectivity index (χ0) is 28.9. The third-order valence-corrected chi connectivity index (χ3v) is 7.52. The van der Waals surface area contributed by atoms with E-state index < -0.39 is 17.3 Å². The predicted molar refractivity (Wildman–Crippen MR) is 151 cm³/mol. The first-order valence-electron chi connectivity index (χ1n) is 13.5. The highest BCUT2D eigenvalue weighted by Gasteiger charge is 2.41. The molecule has 3 aromatic rings. The van der Waals surface area contributed by atoms with Gasteiger partial charge >= 0.3 is 5.97 Å². The number of imidazole rings is 1. The van der Waals surface area contributed by atoms with E-state index >= 15 is 0 Å². The number of carbonyl (C=O) groups excluding carboxylic acids is 3. The Balaban J connectivity index is 1.61. The van der Waals surface area contributed by atoms with Crippen LogP contribution in [-0.4, -0.2) is 70.4 Å². The zero-order valence-corrected chi connectivity index (χ0v) is 23.6. The van der Waals surface area contributed by atoms with Gasteiger partial charge in [-0.2, -0.15) is 5.26 Å². The summed E-state index contributed by atoms with van der Waals surface area (Å²) in [5.74, 6) is -0.206. The average molecular weight is 545 g/mol. The number of ether oxygens (including phenoxy) is 1. The maximum absolute atomic E-state index is 13.9. The van der Waals surface area contributed by atoms with E-state index in [0.717, 1.165) is 41.0 Å². The molecule has 10 heteroatoms. The van der Waals surface area contributed by atoms with E-state index in [4.69, 9.17) is 15.0 Å². The Hall–Kier alpha value is -4.39. The molecule has 2 aromatic carbocycles. The first kappa shape index (κ1) is 28.6. The van der Waals surface area contributed by atoms with Crippen LogP contribution in [0, 0.1) is 11.3 Å². The smallest absolute Gasteiger partial charge is 0.315 e. The van der Waals surface area contributed by atoms with Crippen molar-refractivity contribution in [2.24, 2.45) is 7.05 Å². The number of carbonyl (C=O) groups is 3. The summed E-state index contributed by atoms with van der Waals surface area (Å²) < 4.78 is 6.94. The normalized spacial score (nSPS) is 14.4. The number of nitriles is 1. The number of aryl methyl sites for hydroxylation is 1. The molecular formula is C30H36N6O4. The number of anilines is 1. The van der Waals surface area contributed by atoms with E-state index in [1.807, 2.05) is 53.8 Å². The van der Waals surface area contributed by atoms with Gasteiger partial charge in [0, 0.05) is 39.4 Å². The number of nitrogens with one attached hydrogen (secondary N) is 1. The van der Waals surface area contributed by atoms with Crippen LogP contribution in [-0.2, 0) is 38.1 Å². The summed E-state index contributed by atoms with van der Waals surface area (Å²) in [6.45, 7) is 5.72. The topological polar surface area (TPSA) is 121 Å². The molecule has 1 atom stereocenters.